The van der Waals surface area contributed by atoms with Gasteiger partial charge in [-0.3, -0.25) is 0 Å². The molecule has 0 bridgehead atoms. The second-order valence-corrected chi connectivity index (χ2v) is 6.58. The van der Waals surface area contributed by atoms with Crippen molar-refractivity contribution in [2.24, 2.45) is 0 Å². The van der Waals surface area contributed by atoms with E-state index in [1.165, 1.54) is 0 Å². The number of hydrogen-bond donors (Lipinski definition) is 1. The number of rotatable bonds is 6. The van der Waals surface area contributed by atoms with E-state index in [2.05, 4.69) is 32.2 Å². The largest absolute Gasteiger partial charge is 0.309 e. The van der Waals surface area contributed by atoms with E-state index in [1.54, 1.807) is 6.07 Å². The maximum absolute atomic E-state index is 14.2. The van der Waals surface area contributed by atoms with Crippen LogP contribution < -0.4 is 5.32 Å². The zero-order valence-electron chi connectivity index (χ0n) is 12.0. The first-order valence-electron chi connectivity index (χ1n) is 6.57. The Bertz CT molecular complexity index is 367. The third-order valence-electron chi connectivity index (χ3n) is 2.88. The monoisotopic (exact) mass is 269 g/mol. The Hall–Kier alpha value is -0.540. The molecular weight excluding hydrogens is 245 g/mol. The number of benzene rings is 1. The maximum atomic E-state index is 14.2. The molecule has 0 aliphatic heterocycles. The average Bonchev–Trinajstić information content (AvgIpc) is 2.24. The van der Waals surface area contributed by atoms with Crippen LogP contribution in [0, 0.1) is 19.7 Å². The summed E-state index contributed by atoms with van der Waals surface area (Å²) < 4.78 is 14.2. The van der Waals surface area contributed by atoms with Crippen molar-refractivity contribution in [1.82, 2.24) is 5.32 Å². The summed E-state index contributed by atoms with van der Waals surface area (Å²) in [4.78, 5) is 0. The molecular formula is C15H24FNS. The van der Waals surface area contributed by atoms with Gasteiger partial charge in [0.25, 0.3) is 0 Å². The van der Waals surface area contributed by atoms with Gasteiger partial charge in [0.15, 0.2) is 0 Å². The number of thioether (sulfide) groups is 1. The zero-order chi connectivity index (χ0) is 13.7. The highest BCUT2D eigenvalue weighted by Crippen LogP contribution is 2.27. The first-order chi connectivity index (χ1) is 8.45. The lowest BCUT2D eigenvalue weighted by molar-refractivity contribution is 0.541. The van der Waals surface area contributed by atoms with Crippen molar-refractivity contribution in [2.45, 2.75) is 45.9 Å². The molecule has 0 aliphatic carbocycles. The van der Waals surface area contributed by atoms with E-state index < -0.39 is 0 Å². The summed E-state index contributed by atoms with van der Waals surface area (Å²) in [7, 11) is 0. The number of hydrogen-bond acceptors (Lipinski definition) is 2. The van der Waals surface area contributed by atoms with Gasteiger partial charge in [0.05, 0.1) is 0 Å². The second-order valence-electron chi connectivity index (χ2n) is 4.97. The summed E-state index contributed by atoms with van der Waals surface area (Å²) in [5.74, 6) is 0.828. The quantitative estimate of drug-likeness (QED) is 0.829. The van der Waals surface area contributed by atoms with Crippen LogP contribution in [-0.4, -0.2) is 17.5 Å². The first kappa shape index (κ1) is 15.5. The van der Waals surface area contributed by atoms with Crippen LogP contribution in [0.3, 0.4) is 0 Å². The standard InChI is InChI=1S/C15H24FNS/c1-6-17-14(9-18-10(2)3)15-12(5)7-11(4)8-13(15)16/h7-8,10,14,17H,6,9H2,1-5H3. The van der Waals surface area contributed by atoms with Gasteiger partial charge in [0.1, 0.15) is 5.82 Å². The van der Waals surface area contributed by atoms with Gasteiger partial charge >= 0.3 is 0 Å². The molecule has 1 atom stereocenters. The molecule has 1 aromatic rings. The zero-order valence-corrected chi connectivity index (χ0v) is 12.8. The number of aryl methyl sites for hydroxylation is 2. The summed E-state index contributed by atoms with van der Waals surface area (Å²) in [6.45, 7) is 11.2. The third kappa shape index (κ3) is 4.29. The van der Waals surface area contributed by atoms with Crippen LogP contribution in [0.2, 0.25) is 0 Å². The van der Waals surface area contributed by atoms with Crippen LogP contribution in [-0.2, 0) is 0 Å². The predicted molar refractivity (Wildman–Crippen MR) is 79.9 cm³/mol. The molecule has 0 saturated heterocycles. The summed E-state index contributed by atoms with van der Waals surface area (Å²) in [6.07, 6.45) is 0. The van der Waals surface area contributed by atoms with Crippen LogP contribution in [0.4, 0.5) is 4.39 Å². The van der Waals surface area contributed by atoms with E-state index in [4.69, 9.17) is 0 Å². The van der Waals surface area contributed by atoms with Crippen molar-refractivity contribution in [1.29, 1.82) is 0 Å². The lowest BCUT2D eigenvalue weighted by Gasteiger charge is -2.22. The van der Waals surface area contributed by atoms with Crippen LogP contribution in [0.25, 0.3) is 0 Å². The molecule has 1 unspecified atom stereocenters. The van der Waals surface area contributed by atoms with E-state index in [9.17, 15) is 4.39 Å². The minimum absolute atomic E-state index is 0.0807. The summed E-state index contributed by atoms with van der Waals surface area (Å²) >= 11 is 1.87. The highest BCUT2D eigenvalue weighted by atomic mass is 32.2. The molecule has 0 radical (unpaired) electrons. The van der Waals surface area contributed by atoms with Gasteiger partial charge in [-0.05, 0) is 42.8 Å². The van der Waals surface area contributed by atoms with Crippen molar-refractivity contribution >= 4 is 11.8 Å². The van der Waals surface area contributed by atoms with E-state index in [0.717, 1.165) is 29.0 Å². The Balaban J connectivity index is 2.97. The second kappa shape index (κ2) is 7.15. The number of halogens is 1. The van der Waals surface area contributed by atoms with Gasteiger partial charge in [-0.25, -0.2) is 4.39 Å². The molecule has 0 heterocycles. The SMILES string of the molecule is CCNC(CSC(C)C)c1c(C)cc(C)cc1F. The van der Waals surface area contributed by atoms with E-state index in [-0.39, 0.29) is 11.9 Å². The van der Waals surface area contributed by atoms with Gasteiger partial charge in [-0.15, -0.1) is 0 Å². The van der Waals surface area contributed by atoms with Crippen LogP contribution in [0.5, 0.6) is 0 Å². The summed E-state index contributed by atoms with van der Waals surface area (Å²) in [5, 5.41) is 3.96. The molecule has 18 heavy (non-hydrogen) atoms. The van der Waals surface area contributed by atoms with E-state index in [0.29, 0.717) is 5.25 Å². The van der Waals surface area contributed by atoms with Crippen LogP contribution >= 0.6 is 11.8 Å². The maximum Gasteiger partial charge on any atom is 0.128 e. The molecule has 0 fully saturated rings. The van der Waals surface area contributed by atoms with Gasteiger partial charge < -0.3 is 5.32 Å². The van der Waals surface area contributed by atoms with Gasteiger partial charge in [0, 0.05) is 17.4 Å². The van der Waals surface area contributed by atoms with E-state index >= 15 is 0 Å². The first-order valence-corrected chi connectivity index (χ1v) is 7.62. The fraction of sp³-hybridized carbons (Fsp3) is 0.600. The molecule has 1 nitrogen and oxygen atoms in total. The van der Waals surface area contributed by atoms with Gasteiger partial charge in [-0.1, -0.05) is 26.8 Å². The van der Waals surface area contributed by atoms with Gasteiger partial charge in [0.2, 0.25) is 0 Å². The summed E-state index contributed by atoms with van der Waals surface area (Å²) in [6, 6.07) is 3.79. The molecule has 0 saturated carbocycles. The highest BCUT2D eigenvalue weighted by molar-refractivity contribution is 7.99. The van der Waals surface area contributed by atoms with Crippen molar-refractivity contribution in [3.05, 3.63) is 34.6 Å². The Morgan fingerprint density at radius 3 is 2.44 bits per heavy atom. The molecule has 0 spiro atoms. The topological polar surface area (TPSA) is 12.0 Å². The van der Waals surface area contributed by atoms with Crippen molar-refractivity contribution < 1.29 is 4.39 Å². The Labute approximate surface area is 115 Å². The lowest BCUT2D eigenvalue weighted by atomic mass is 9.99. The van der Waals surface area contributed by atoms with Crippen LogP contribution in [0.15, 0.2) is 12.1 Å². The van der Waals surface area contributed by atoms with Crippen molar-refractivity contribution in [3.63, 3.8) is 0 Å². The molecule has 0 amide bonds. The van der Waals surface area contributed by atoms with Crippen LogP contribution in [0.1, 0.15) is 43.5 Å². The molecule has 0 aromatic heterocycles. The Morgan fingerprint density at radius 2 is 1.94 bits per heavy atom. The fourth-order valence-electron chi connectivity index (χ4n) is 2.15. The highest BCUT2D eigenvalue weighted by Gasteiger charge is 2.18. The molecule has 0 aliphatic rings. The average molecular weight is 269 g/mol. The third-order valence-corrected chi connectivity index (χ3v) is 4.07. The predicted octanol–water partition coefficient (Wildman–Crippen LogP) is 4.23. The van der Waals surface area contributed by atoms with Crippen molar-refractivity contribution in [3.8, 4) is 0 Å². The van der Waals surface area contributed by atoms with Crippen molar-refractivity contribution in [2.75, 3.05) is 12.3 Å². The Morgan fingerprint density at radius 1 is 1.28 bits per heavy atom. The molecule has 1 rings (SSSR count). The fourth-order valence-corrected chi connectivity index (χ4v) is 3.01. The smallest absolute Gasteiger partial charge is 0.128 e. The molecule has 102 valence electrons. The molecule has 1 aromatic carbocycles. The Kier molecular flexibility index (Phi) is 6.16. The minimum atomic E-state index is -0.0807. The minimum Gasteiger partial charge on any atom is -0.309 e. The molecule has 1 N–H and O–H groups in total. The van der Waals surface area contributed by atoms with Gasteiger partial charge in [-0.2, -0.15) is 11.8 Å². The molecule has 3 heteroatoms. The van der Waals surface area contributed by atoms with E-state index in [1.807, 2.05) is 25.6 Å². The normalized spacial score (nSPS) is 13.1. The lowest BCUT2D eigenvalue weighted by Crippen LogP contribution is -2.25. The number of nitrogens with one attached hydrogen (secondary N) is 1. The summed E-state index contributed by atoms with van der Waals surface area (Å²) in [5.41, 5.74) is 2.86.